The molecule has 0 aliphatic carbocycles. The van der Waals surface area contributed by atoms with Crippen molar-refractivity contribution in [2.24, 2.45) is 0 Å². The van der Waals surface area contributed by atoms with E-state index in [0.717, 1.165) is 5.56 Å². The van der Waals surface area contributed by atoms with E-state index in [1.165, 1.54) is 10.8 Å². The second kappa shape index (κ2) is 8.78. The molecule has 0 saturated heterocycles. The first-order valence-electron chi connectivity index (χ1n) is 11.1. The number of nitrogens with two attached hydrogens (primary N) is 2. The van der Waals surface area contributed by atoms with Crippen LogP contribution in [0.2, 0.25) is 0 Å². The second-order valence-electron chi connectivity index (χ2n) is 7.99. The van der Waals surface area contributed by atoms with Crippen LogP contribution < -0.4 is 11.5 Å². The van der Waals surface area contributed by atoms with Gasteiger partial charge in [-0.1, -0.05) is 30.3 Å². The van der Waals surface area contributed by atoms with Crippen LogP contribution >= 0.6 is 0 Å². The van der Waals surface area contributed by atoms with Gasteiger partial charge < -0.3 is 11.5 Å². The Bertz CT molecular complexity index is 1800. The molecule has 4 N–H and O–H groups in total. The zero-order valence-corrected chi connectivity index (χ0v) is 19.1. The molecule has 37 heavy (non-hydrogen) atoms. The molecule has 6 aromatic rings. The highest BCUT2D eigenvalue weighted by Crippen LogP contribution is 2.35. The van der Waals surface area contributed by atoms with Crippen LogP contribution in [0.4, 0.5) is 11.6 Å². The van der Waals surface area contributed by atoms with Crippen molar-refractivity contribution in [3.8, 4) is 40.0 Å². The molecule has 0 fully saturated rings. The molecule has 178 valence electrons. The predicted octanol–water partition coefficient (Wildman–Crippen LogP) is 1.99. The van der Waals surface area contributed by atoms with E-state index in [1.54, 1.807) is 47.3 Å². The molecule has 0 spiro atoms. The van der Waals surface area contributed by atoms with Gasteiger partial charge >= 0.3 is 0 Å². The average Bonchev–Trinajstić information content (AvgIpc) is 3.57. The molecule has 0 aliphatic heterocycles. The normalized spacial score (nSPS) is 11.0. The molecule has 6 rings (SSSR count). The van der Waals surface area contributed by atoms with E-state index < -0.39 is 0 Å². The summed E-state index contributed by atoms with van der Waals surface area (Å²) in [5.74, 6) is 1.01. The van der Waals surface area contributed by atoms with E-state index in [9.17, 15) is 5.26 Å². The Morgan fingerprint density at radius 1 is 1.00 bits per heavy atom. The lowest BCUT2D eigenvalue weighted by Crippen LogP contribution is -2.08. The van der Waals surface area contributed by atoms with Crippen molar-refractivity contribution in [1.29, 1.82) is 5.26 Å². The van der Waals surface area contributed by atoms with E-state index in [-0.39, 0.29) is 12.5 Å². The van der Waals surface area contributed by atoms with Gasteiger partial charge in [0.05, 0.1) is 28.6 Å². The summed E-state index contributed by atoms with van der Waals surface area (Å²) in [6.45, 7) is 0.158. The maximum absolute atomic E-state index is 9.71. The highest BCUT2D eigenvalue weighted by atomic mass is 15.5. The molecule has 0 amide bonds. The van der Waals surface area contributed by atoms with Crippen LogP contribution in [-0.2, 0) is 6.54 Å². The van der Waals surface area contributed by atoms with Gasteiger partial charge in [-0.05, 0) is 34.7 Å². The van der Waals surface area contributed by atoms with Crippen molar-refractivity contribution in [3.63, 3.8) is 0 Å². The summed E-state index contributed by atoms with van der Waals surface area (Å²) in [7, 11) is 0. The topological polar surface area (TPSA) is 188 Å². The number of hydrogen-bond acceptors (Lipinski definition) is 11. The van der Waals surface area contributed by atoms with Gasteiger partial charge in [0, 0.05) is 23.0 Å². The molecule has 0 bridgehead atoms. The summed E-state index contributed by atoms with van der Waals surface area (Å²) in [5.41, 5.74) is 16.6. The van der Waals surface area contributed by atoms with Gasteiger partial charge in [0.1, 0.15) is 12.9 Å². The predicted molar refractivity (Wildman–Crippen MR) is 133 cm³/mol. The first-order valence-corrected chi connectivity index (χ1v) is 11.1. The number of anilines is 2. The van der Waals surface area contributed by atoms with Crippen LogP contribution in [0.15, 0.2) is 67.1 Å². The molecule has 4 heterocycles. The number of benzene rings is 2. The zero-order valence-electron chi connectivity index (χ0n) is 19.1. The molecular weight excluding hydrogens is 470 g/mol. The van der Waals surface area contributed by atoms with Crippen molar-refractivity contribution in [2.75, 3.05) is 11.5 Å². The average molecular weight is 487 g/mol. The first-order chi connectivity index (χ1) is 18.1. The Morgan fingerprint density at radius 2 is 1.89 bits per heavy atom. The fourth-order valence-electron chi connectivity index (χ4n) is 4.05. The minimum atomic E-state index is 0.0991. The van der Waals surface area contributed by atoms with Crippen LogP contribution in [0.5, 0.6) is 0 Å². The van der Waals surface area contributed by atoms with E-state index in [1.807, 2.05) is 18.2 Å². The molecule has 0 aliphatic rings. The minimum Gasteiger partial charge on any atom is -0.399 e. The number of rotatable bonds is 5. The van der Waals surface area contributed by atoms with E-state index >= 15 is 0 Å². The van der Waals surface area contributed by atoms with Gasteiger partial charge in [-0.3, -0.25) is 0 Å². The van der Waals surface area contributed by atoms with Crippen molar-refractivity contribution in [3.05, 3.63) is 78.5 Å². The van der Waals surface area contributed by atoms with Crippen molar-refractivity contribution in [2.45, 2.75) is 6.54 Å². The van der Waals surface area contributed by atoms with Gasteiger partial charge in [-0.25, -0.2) is 24.6 Å². The Hall–Kier alpha value is -5.77. The Kier molecular flexibility index (Phi) is 5.16. The summed E-state index contributed by atoms with van der Waals surface area (Å²) in [5, 5.41) is 26.3. The smallest absolute Gasteiger partial charge is 0.223 e. The van der Waals surface area contributed by atoms with E-state index in [2.05, 4.69) is 41.6 Å². The fraction of sp³-hybridized carbons (Fsp3) is 0.0417. The summed E-state index contributed by atoms with van der Waals surface area (Å²) in [6, 6.07) is 18.3. The number of nitrogens with zero attached hydrogens (tertiary/aromatic N) is 11. The number of fused-ring (bicyclic) bond motifs is 1. The molecule has 2 aromatic carbocycles. The van der Waals surface area contributed by atoms with E-state index in [4.69, 9.17) is 16.5 Å². The maximum Gasteiger partial charge on any atom is 0.223 e. The fourth-order valence-corrected chi connectivity index (χ4v) is 4.05. The van der Waals surface area contributed by atoms with Gasteiger partial charge in [-0.15, -0.1) is 10.2 Å². The second-order valence-corrected chi connectivity index (χ2v) is 7.99. The van der Waals surface area contributed by atoms with Crippen molar-refractivity contribution >= 4 is 17.3 Å². The van der Waals surface area contributed by atoms with Crippen LogP contribution in [0.25, 0.3) is 39.5 Å². The third-order valence-corrected chi connectivity index (χ3v) is 5.66. The zero-order chi connectivity index (χ0) is 25.4. The molecule has 0 unspecified atom stereocenters. The van der Waals surface area contributed by atoms with Crippen LogP contribution in [0.1, 0.15) is 11.4 Å². The molecule has 0 radical (unpaired) electrons. The lowest BCUT2D eigenvalue weighted by atomic mass is 9.99. The largest absolute Gasteiger partial charge is 0.399 e. The standard InChI is InChI=1S/C24H17N13/c25-11-15-4-1-2-7-17(15)21-20(18-8-9-28-13-29-18)23-30-19(33-37(23)24(27)31-21)12-36-22(32-34-35-36)14-5-3-6-16(26)10-14/h1-10,13H,12,26H2,(H2,27,31). The van der Waals surface area contributed by atoms with Crippen molar-refractivity contribution in [1.82, 2.24) is 49.8 Å². The molecule has 4 aromatic heterocycles. The quantitative estimate of drug-likeness (QED) is 0.338. The van der Waals surface area contributed by atoms with Crippen LogP contribution in [0, 0.1) is 11.3 Å². The van der Waals surface area contributed by atoms with Gasteiger partial charge in [0.2, 0.25) is 5.95 Å². The highest BCUT2D eigenvalue weighted by molar-refractivity contribution is 5.90. The van der Waals surface area contributed by atoms with Gasteiger partial charge in [0.15, 0.2) is 17.3 Å². The molecule has 13 nitrogen and oxygen atoms in total. The number of nitrogen functional groups attached to an aromatic ring is 2. The lowest BCUT2D eigenvalue weighted by molar-refractivity contribution is 0.628. The third kappa shape index (κ3) is 3.84. The summed E-state index contributed by atoms with van der Waals surface area (Å²) < 4.78 is 3.01. The molecule has 0 saturated carbocycles. The summed E-state index contributed by atoms with van der Waals surface area (Å²) in [6.07, 6.45) is 3.05. The highest BCUT2D eigenvalue weighted by Gasteiger charge is 2.23. The number of tetrazole rings is 1. The monoisotopic (exact) mass is 487 g/mol. The minimum absolute atomic E-state index is 0.0991. The summed E-state index contributed by atoms with van der Waals surface area (Å²) in [4.78, 5) is 17.8. The van der Waals surface area contributed by atoms with E-state index in [0.29, 0.717) is 51.1 Å². The first kappa shape index (κ1) is 21.7. The van der Waals surface area contributed by atoms with Gasteiger partial charge in [-0.2, -0.15) is 9.78 Å². The number of hydrogen-bond donors (Lipinski definition) is 2. The third-order valence-electron chi connectivity index (χ3n) is 5.66. The Labute approximate surface area is 209 Å². The number of nitriles is 1. The lowest BCUT2D eigenvalue weighted by Gasteiger charge is -2.12. The summed E-state index contributed by atoms with van der Waals surface area (Å²) >= 11 is 0. The molecule has 0 atom stereocenters. The van der Waals surface area contributed by atoms with Gasteiger partial charge in [0.25, 0.3) is 0 Å². The van der Waals surface area contributed by atoms with Crippen LogP contribution in [-0.4, -0.2) is 49.8 Å². The Balaban J connectivity index is 1.53. The van der Waals surface area contributed by atoms with Crippen LogP contribution in [0.3, 0.4) is 0 Å². The molecule has 13 heteroatoms. The molecular formula is C24H17N13. The Morgan fingerprint density at radius 3 is 2.70 bits per heavy atom. The number of aromatic nitrogens is 10. The SMILES string of the molecule is N#Cc1ccccc1-c1nc(N)n2nc(Cn3nnnc3-c3cccc(N)c3)nc2c1-c1ccncn1. The maximum atomic E-state index is 9.71. The van der Waals surface area contributed by atoms with Crippen molar-refractivity contribution < 1.29 is 0 Å².